The van der Waals surface area contributed by atoms with Gasteiger partial charge < -0.3 is 15.4 Å². The summed E-state index contributed by atoms with van der Waals surface area (Å²) in [6, 6.07) is 5.89. The van der Waals surface area contributed by atoms with Crippen molar-refractivity contribution in [2.45, 2.75) is 25.4 Å². The van der Waals surface area contributed by atoms with Crippen molar-refractivity contribution in [2.75, 3.05) is 25.0 Å². The summed E-state index contributed by atoms with van der Waals surface area (Å²) in [7, 11) is 0. The third-order valence-corrected chi connectivity index (χ3v) is 4.24. The summed E-state index contributed by atoms with van der Waals surface area (Å²) in [6.07, 6.45) is 4.77. The smallest absolute Gasteiger partial charge is 0.326 e. The molecule has 0 radical (unpaired) electrons. The Kier molecular flexibility index (Phi) is 5.39. The number of hydrogen-bond donors (Lipinski definition) is 2. The van der Waals surface area contributed by atoms with Gasteiger partial charge in [0.1, 0.15) is 6.54 Å². The Morgan fingerprint density at radius 3 is 3.00 bits per heavy atom. The molecule has 0 aromatic carbocycles. The second kappa shape index (κ2) is 7.89. The maximum Gasteiger partial charge on any atom is 0.326 e. The molecule has 1 aliphatic rings. The fourth-order valence-corrected chi connectivity index (χ4v) is 3.06. The van der Waals surface area contributed by atoms with Crippen molar-refractivity contribution in [3.8, 4) is 0 Å². The van der Waals surface area contributed by atoms with Gasteiger partial charge in [0.15, 0.2) is 5.82 Å². The van der Waals surface area contributed by atoms with Crippen molar-refractivity contribution < 1.29 is 14.8 Å². The molecule has 1 fully saturated rings. The highest BCUT2D eigenvalue weighted by Crippen LogP contribution is 2.19. The molecule has 3 N–H and O–H groups in total. The maximum absolute atomic E-state index is 12.5. The van der Waals surface area contributed by atoms with E-state index < -0.39 is 5.97 Å². The number of nitrogens with one attached hydrogen (secondary N) is 1. The molecule has 2 atom stereocenters. The van der Waals surface area contributed by atoms with Crippen LogP contribution in [0.2, 0.25) is 0 Å². The van der Waals surface area contributed by atoms with Crippen LogP contribution in [0.3, 0.4) is 0 Å². The summed E-state index contributed by atoms with van der Waals surface area (Å²) in [5, 5.41) is 5.43. The van der Waals surface area contributed by atoms with Crippen LogP contribution >= 0.6 is 0 Å². The molecule has 0 saturated carbocycles. The van der Waals surface area contributed by atoms with E-state index in [0.29, 0.717) is 0 Å². The van der Waals surface area contributed by atoms with E-state index in [4.69, 9.17) is 4.74 Å². The summed E-state index contributed by atoms with van der Waals surface area (Å²) in [4.78, 5) is 32.7. The van der Waals surface area contributed by atoms with E-state index in [2.05, 4.69) is 20.6 Å². The van der Waals surface area contributed by atoms with Gasteiger partial charge >= 0.3 is 5.97 Å². The number of esters is 1. The number of nitrogens with zero attached hydrogens (tertiary/aromatic N) is 3. The first kappa shape index (κ1) is 17.1. The first-order valence-corrected chi connectivity index (χ1v) is 8.39. The van der Waals surface area contributed by atoms with Crippen molar-refractivity contribution >= 4 is 11.8 Å². The maximum atomic E-state index is 12.5. The highest BCUT2D eigenvalue weighted by molar-refractivity contribution is 5.69. The number of aromatic nitrogens is 3. The lowest BCUT2D eigenvalue weighted by atomic mass is 9.99. The van der Waals surface area contributed by atoms with E-state index in [-0.39, 0.29) is 36.5 Å². The normalized spacial score (nSPS) is 19.6. The van der Waals surface area contributed by atoms with Gasteiger partial charge in [0.05, 0.1) is 37.4 Å². The predicted molar refractivity (Wildman–Crippen MR) is 91.2 cm³/mol. The molecular formula is C17H22N5O3+. The Hall–Kier alpha value is -2.74. The van der Waals surface area contributed by atoms with Gasteiger partial charge in [-0.1, -0.05) is 6.07 Å². The van der Waals surface area contributed by atoms with E-state index in [9.17, 15) is 9.59 Å². The van der Waals surface area contributed by atoms with Crippen LogP contribution in [-0.2, 0) is 16.1 Å². The minimum atomic E-state index is -0.442. The van der Waals surface area contributed by atoms with Gasteiger partial charge in [0, 0.05) is 18.6 Å². The fraction of sp³-hybridized carbons (Fsp3) is 0.412. The molecule has 8 heteroatoms. The van der Waals surface area contributed by atoms with Crippen LogP contribution in [-0.4, -0.2) is 46.2 Å². The molecule has 0 spiro atoms. The number of hydrogen-bond acceptors (Lipinski definition) is 6. The highest BCUT2D eigenvalue weighted by Gasteiger charge is 2.33. The number of pyridine rings is 1. The van der Waals surface area contributed by atoms with Crippen LogP contribution in [0, 0.1) is 0 Å². The van der Waals surface area contributed by atoms with Gasteiger partial charge in [-0.05, 0) is 19.1 Å². The largest absolute Gasteiger partial charge is 0.465 e. The summed E-state index contributed by atoms with van der Waals surface area (Å²) < 4.78 is 6.20. The standard InChI is InChI=1S/C17H21N5O3/c1-2-25-15(23)11-22-8-7-20-16(17(22)24)21-14-10-18-9-12(14)13-5-3-4-6-19-13/h3-8,12,14,18H,2,9-11H2,1H3,(H,20,21)/p+1/t12-,14+/m0/s1. The van der Waals surface area contributed by atoms with Crippen molar-refractivity contribution in [3.63, 3.8) is 0 Å². The Morgan fingerprint density at radius 1 is 1.36 bits per heavy atom. The number of anilines is 1. The SMILES string of the molecule is CCOC(=O)Cn1ccnc(N[C@@H]2C[NH2+]C[C@H]2c2ccccn2)c1=O. The zero-order valence-corrected chi connectivity index (χ0v) is 14.1. The molecule has 3 rings (SSSR count). The van der Waals surface area contributed by atoms with Crippen LogP contribution < -0.4 is 16.2 Å². The molecule has 0 bridgehead atoms. The zero-order valence-electron chi connectivity index (χ0n) is 14.1. The number of quaternary nitrogens is 1. The Bertz CT molecular complexity index is 777. The van der Waals surface area contributed by atoms with Gasteiger partial charge in [-0.2, -0.15) is 0 Å². The topological polar surface area (TPSA) is 103 Å². The minimum absolute atomic E-state index is 0.0496. The van der Waals surface area contributed by atoms with Crippen LogP contribution in [0.1, 0.15) is 18.5 Å². The van der Waals surface area contributed by atoms with Gasteiger partial charge in [-0.3, -0.25) is 19.1 Å². The Morgan fingerprint density at radius 2 is 2.24 bits per heavy atom. The lowest BCUT2D eigenvalue weighted by Gasteiger charge is -2.17. The van der Waals surface area contributed by atoms with Crippen LogP contribution in [0.25, 0.3) is 0 Å². The average molecular weight is 344 g/mol. The predicted octanol–water partition coefficient (Wildman–Crippen LogP) is -0.657. The van der Waals surface area contributed by atoms with Gasteiger partial charge in [-0.15, -0.1) is 0 Å². The first-order chi connectivity index (χ1) is 12.2. The molecule has 132 valence electrons. The average Bonchev–Trinajstić information content (AvgIpc) is 3.08. The molecule has 0 unspecified atom stereocenters. The van der Waals surface area contributed by atoms with Gasteiger partial charge in [-0.25, -0.2) is 4.98 Å². The quantitative estimate of drug-likeness (QED) is 0.675. The zero-order chi connectivity index (χ0) is 17.6. The molecule has 3 heterocycles. The van der Waals surface area contributed by atoms with E-state index >= 15 is 0 Å². The molecule has 2 aromatic heterocycles. The lowest BCUT2D eigenvalue weighted by Crippen LogP contribution is -2.82. The highest BCUT2D eigenvalue weighted by atomic mass is 16.5. The van der Waals surface area contributed by atoms with Crippen molar-refractivity contribution in [2.24, 2.45) is 0 Å². The van der Waals surface area contributed by atoms with Gasteiger partial charge in [0.2, 0.25) is 0 Å². The van der Waals surface area contributed by atoms with E-state index in [0.717, 1.165) is 18.8 Å². The Labute approximate surface area is 145 Å². The molecule has 8 nitrogen and oxygen atoms in total. The number of rotatable bonds is 6. The second-order valence-corrected chi connectivity index (χ2v) is 5.89. The van der Waals surface area contributed by atoms with Crippen LogP contribution in [0.4, 0.5) is 5.82 Å². The molecule has 1 aliphatic heterocycles. The third-order valence-electron chi connectivity index (χ3n) is 4.24. The summed E-state index contributed by atoms with van der Waals surface area (Å²) in [5.41, 5.74) is 0.666. The van der Waals surface area contributed by atoms with Crippen molar-refractivity contribution in [1.82, 2.24) is 14.5 Å². The van der Waals surface area contributed by atoms with E-state index in [1.807, 2.05) is 18.2 Å². The van der Waals surface area contributed by atoms with E-state index in [1.165, 1.54) is 17.0 Å². The monoisotopic (exact) mass is 344 g/mol. The van der Waals surface area contributed by atoms with Crippen molar-refractivity contribution in [1.29, 1.82) is 0 Å². The molecule has 25 heavy (non-hydrogen) atoms. The molecule has 2 aromatic rings. The Balaban J connectivity index is 1.76. The fourth-order valence-electron chi connectivity index (χ4n) is 3.06. The molecule has 0 amide bonds. The number of carbonyl (C=O) groups excluding carboxylic acids is 1. The summed E-state index contributed by atoms with van der Waals surface area (Å²) >= 11 is 0. The second-order valence-electron chi connectivity index (χ2n) is 5.89. The van der Waals surface area contributed by atoms with Crippen molar-refractivity contribution in [3.05, 3.63) is 52.8 Å². The van der Waals surface area contributed by atoms with Crippen LogP contribution in [0.15, 0.2) is 41.6 Å². The van der Waals surface area contributed by atoms with E-state index in [1.54, 1.807) is 13.1 Å². The third kappa shape index (κ3) is 4.03. The number of carbonyl (C=O) groups is 1. The van der Waals surface area contributed by atoms with Crippen LogP contribution in [0.5, 0.6) is 0 Å². The summed E-state index contributed by atoms with van der Waals surface area (Å²) in [5.74, 6) is -0.00328. The molecule has 1 saturated heterocycles. The first-order valence-electron chi connectivity index (χ1n) is 8.39. The molecule has 0 aliphatic carbocycles. The number of ether oxygens (including phenoxy) is 1. The minimum Gasteiger partial charge on any atom is -0.465 e. The van der Waals surface area contributed by atoms with Gasteiger partial charge in [0.25, 0.3) is 5.56 Å². The lowest BCUT2D eigenvalue weighted by molar-refractivity contribution is -0.637. The molecular weight excluding hydrogens is 322 g/mol. The summed E-state index contributed by atoms with van der Waals surface area (Å²) in [6.45, 7) is 3.62. The number of nitrogens with two attached hydrogens (primary N) is 1.